The summed E-state index contributed by atoms with van der Waals surface area (Å²) in [5.74, 6) is -0.225. The molecule has 4 N–H and O–H groups in total. The standard InChI is InChI=1S/C20H29FN6O2/c1-5-22-19(25-13-20(3,29)16-11-26-27(4)12-16)24-9-8-23-18(28)15-7-6-14(2)17(21)10-15/h6-7,10-12,29H,5,8-9,13H2,1-4H3,(H,23,28)(H2,22,24,25). The molecule has 0 aliphatic carbocycles. The van der Waals surface area contributed by atoms with Crippen molar-refractivity contribution < 1.29 is 14.3 Å². The molecule has 1 heterocycles. The molecule has 29 heavy (non-hydrogen) atoms. The maximum absolute atomic E-state index is 13.6. The van der Waals surface area contributed by atoms with Gasteiger partial charge >= 0.3 is 0 Å². The van der Waals surface area contributed by atoms with Crippen LogP contribution in [0.25, 0.3) is 0 Å². The molecule has 2 rings (SSSR count). The predicted molar refractivity (Wildman–Crippen MR) is 110 cm³/mol. The average Bonchev–Trinajstić information content (AvgIpc) is 3.12. The van der Waals surface area contributed by atoms with Crippen molar-refractivity contribution in [3.63, 3.8) is 0 Å². The summed E-state index contributed by atoms with van der Waals surface area (Å²) in [6.45, 7) is 6.80. The lowest BCUT2D eigenvalue weighted by molar-refractivity contribution is 0.0672. The number of aryl methyl sites for hydroxylation is 2. The fourth-order valence-electron chi connectivity index (χ4n) is 2.56. The molecular formula is C20H29FN6O2. The van der Waals surface area contributed by atoms with E-state index in [4.69, 9.17) is 0 Å². The molecule has 0 radical (unpaired) electrons. The molecule has 1 atom stereocenters. The van der Waals surface area contributed by atoms with Gasteiger partial charge in [-0.15, -0.1) is 0 Å². The van der Waals surface area contributed by atoms with Crippen LogP contribution in [0.15, 0.2) is 35.6 Å². The largest absolute Gasteiger partial charge is 0.383 e. The van der Waals surface area contributed by atoms with Crippen molar-refractivity contribution in [3.8, 4) is 0 Å². The highest BCUT2D eigenvalue weighted by Crippen LogP contribution is 2.19. The Labute approximate surface area is 170 Å². The Bertz CT molecular complexity index is 862. The van der Waals surface area contributed by atoms with Gasteiger partial charge in [-0.1, -0.05) is 6.07 Å². The van der Waals surface area contributed by atoms with Crippen molar-refractivity contribution in [2.24, 2.45) is 12.0 Å². The molecule has 1 unspecified atom stereocenters. The first-order valence-electron chi connectivity index (χ1n) is 9.51. The number of aliphatic hydroxyl groups is 1. The zero-order valence-corrected chi connectivity index (χ0v) is 17.3. The normalized spacial score (nSPS) is 13.7. The van der Waals surface area contributed by atoms with Crippen LogP contribution in [0.2, 0.25) is 0 Å². The Morgan fingerprint density at radius 3 is 2.66 bits per heavy atom. The number of aliphatic imine (C=N–C) groups is 1. The molecule has 0 bridgehead atoms. The first kappa shape index (κ1) is 22.4. The van der Waals surface area contributed by atoms with E-state index in [9.17, 15) is 14.3 Å². The lowest BCUT2D eigenvalue weighted by atomic mass is 10.0. The summed E-state index contributed by atoms with van der Waals surface area (Å²) in [7, 11) is 1.79. The first-order chi connectivity index (χ1) is 13.7. The number of nitrogens with zero attached hydrogens (tertiary/aromatic N) is 3. The molecular weight excluding hydrogens is 375 g/mol. The molecule has 0 aliphatic heterocycles. The van der Waals surface area contributed by atoms with Crippen molar-refractivity contribution in [1.82, 2.24) is 25.7 Å². The number of carbonyl (C=O) groups excluding carboxylic acids is 1. The fourth-order valence-corrected chi connectivity index (χ4v) is 2.56. The second-order valence-electron chi connectivity index (χ2n) is 7.02. The molecule has 1 amide bonds. The number of aromatic nitrogens is 2. The number of hydrogen-bond donors (Lipinski definition) is 4. The number of hydrogen-bond acceptors (Lipinski definition) is 4. The van der Waals surface area contributed by atoms with Crippen molar-refractivity contribution in [2.75, 3.05) is 26.2 Å². The third kappa shape index (κ3) is 6.56. The summed E-state index contributed by atoms with van der Waals surface area (Å²) in [6, 6.07) is 4.39. The quantitative estimate of drug-likeness (QED) is 0.299. The van der Waals surface area contributed by atoms with Crippen LogP contribution in [-0.2, 0) is 12.6 Å². The molecule has 0 fully saturated rings. The minimum Gasteiger partial charge on any atom is -0.383 e. The molecule has 158 valence electrons. The summed E-state index contributed by atoms with van der Waals surface area (Å²) >= 11 is 0. The third-order valence-electron chi connectivity index (χ3n) is 4.35. The van der Waals surface area contributed by atoms with E-state index in [1.54, 1.807) is 50.1 Å². The van der Waals surface area contributed by atoms with Crippen LogP contribution in [-0.4, -0.2) is 52.9 Å². The predicted octanol–water partition coefficient (Wildman–Crippen LogP) is 1.06. The SMILES string of the molecule is CCNC(=NCC(C)(O)c1cnn(C)c1)NCCNC(=O)c1ccc(C)c(F)c1. The van der Waals surface area contributed by atoms with Crippen LogP contribution in [0, 0.1) is 12.7 Å². The first-order valence-corrected chi connectivity index (χ1v) is 9.51. The molecule has 0 spiro atoms. The van der Waals surface area contributed by atoms with Gasteiger partial charge in [-0.3, -0.25) is 9.48 Å². The maximum atomic E-state index is 13.6. The Morgan fingerprint density at radius 2 is 2.03 bits per heavy atom. The van der Waals surface area contributed by atoms with Gasteiger partial charge in [0, 0.05) is 44.0 Å². The highest BCUT2D eigenvalue weighted by atomic mass is 19.1. The van der Waals surface area contributed by atoms with E-state index in [-0.39, 0.29) is 18.0 Å². The van der Waals surface area contributed by atoms with Crippen LogP contribution < -0.4 is 16.0 Å². The third-order valence-corrected chi connectivity index (χ3v) is 4.35. The summed E-state index contributed by atoms with van der Waals surface area (Å²) in [5, 5.41) is 23.6. The molecule has 2 aromatic rings. The monoisotopic (exact) mass is 404 g/mol. The summed E-state index contributed by atoms with van der Waals surface area (Å²) in [5.41, 5.74) is 0.302. The Kier molecular flexibility index (Phi) is 7.72. The lowest BCUT2D eigenvalue weighted by Gasteiger charge is -2.20. The Balaban J connectivity index is 1.86. The summed E-state index contributed by atoms with van der Waals surface area (Å²) < 4.78 is 15.2. The van der Waals surface area contributed by atoms with Gasteiger partial charge < -0.3 is 21.1 Å². The van der Waals surface area contributed by atoms with Gasteiger partial charge in [0.05, 0.1) is 12.7 Å². The zero-order chi connectivity index (χ0) is 21.4. The van der Waals surface area contributed by atoms with Crippen LogP contribution in [0.3, 0.4) is 0 Å². The van der Waals surface area contributed by atoms with Crippen LogP contribution in [0.5, 0.6) is 0 Å². The maximum Gasteiger partial charge on any atom is 0.251 e. The second kappa shape index (κ2) is 10.0. The molecule has 0 saturated carbocycles. The highest BCUT2D eigenvalue weighted by molar-refractivity contribution is 5.94. The van der Waals surface area contributed by atoms with Gasteiger partial charge in [0.1, 0.15) is 11.4 Å². The molecule has 0 aliphatic rings. The van der Waals surface area contributed by atoms with E-state index >= 15 is 0 Å². The van der Waals surface area contributed by atoms with Crippen molar-refractivity contribution >= 4 is 11.9 Å². The fraction of sp³-hybridized carbons (Fsp3) is 0.450. The number of nitrogens with one attached hydrogen (secondary N) is 3. The highest BCUT2D eigenvalue weighted by Gasteiger charge is 2.24. The Morgan fingerprint density at radius 1 is 1.31 bits per heavy atom. The van der Waals surface area contributed by atoms with E-state index in [0.29, 0.717) is 36.7 Å². The van der Waals surface area contributed by atoms with Crippen LogP contribution >= 0.6 is 0 Å². The van der Waals surface area contributed by atoms with E-state index < -0.39 is 11.4 Å². The molecule has 8 nitrogen and oxygen atoms in total. The van der Waals surface area contributed by atoms with Crippen molar-refractivity contribution in [3.05, 3.63) is 53.1 Å². The van der Waals surface area contributed by atoms with E-state index in [2.05, 4.69) is 26.0 Å². The lowest BCUT2D eigenvalue weighted by Crippen LogP contribution is -2.42. The van der Waals surface area contributed by atoms with Crippen molar-refractivity contribution in [1.29, 1.82) is 0 Å². The number of rotatable bonds is 8. The smallest absolute Gasteiger partial charge is 0.251 e. The van der Waals surface area contributed by atoms with E-state index in [0.717, 1.165) is 0 Å². The molecule has 1 aromatic carbocycles. The molecule has 1 aromatic heterocycles. The van der Waals surface area contributed by atoms with Gasteiger partial charge in [-0.2, -0.15) is 5.10 Å². The van der Waals surface area contributed by atoms with Gasteiger partial charge in [-0.25, -0.2) is 9.38 Å². The summed E-state index contributed by atoms with van der Waals surface area (Å²) in [4.78, 5) is 16.5. The van der Waals surface area contributed by atoms with Crippen LogP contribution in [0.4, 0.5) is 4.39 Å². The van der Waals surface area contributed by atoms with Gasteiger partial charge in [0.25, 0.3) is 5.91 Å². The van der Waals surface area contributed by atoms with Crippen molar-refractivity contribution in [2.45, 2.75) is 26.4 Å². The minimum atomic E-state index is -1.15. The van der Waals surface area contributed by atoms with Gasteiger partial charge in [-0.05, 0) is 38.5 Å². The average molecular weight is 404 g/mol. The topological polar surface area (TPSA) is 104 Å². The molecule has 0 saturated heterocycles. The minimum absolute atomic E-state index is 0.142. The van der Waals surface area contributed by atoms with E-state index in [1.807, 2.05) is 6.92 Å². The number of carbonyl (C=O) groups is 1. The van der Waals surface area contributed by atoms with Gasteiger partial charge in [0.2, 0.25) is 0 Å². The number of amides is 1. The van der Waals surface area contributed by atoms with Gasteiger partial charge in [0.15, 0.2) is 5.96 Å². The second-order valence-corrected chi connectivity index (χ2v) is 7.02. The summed E-state index contributed by atoms with van der Waals surface area (Å²) in [6.07, 6.45) is 3.36. The Hall–Kier alpha value is -2.94. The van der Waals surface area contributed by atoms with Crippen LogP contribution in [0.1, 0.15) is 35.3 Å². The number of benzene rings is 1. The number of guanidine groups is 1. The zero-order valence-electron chi connectivity index (χ0n) is 17.3. The van der Waals surface area contributed by atoms with E-state index in [1.165, 1.54) is 6.07 Å². The number of halogens is 1. The molecule has 9 heteroatoms.